The number of halogens is 3. The summed E-state index contributed by atoms with van der Waals surface area (Å²) < 4.78 is 1.31. The molecule has 0 saturated carbocycles. The van der Waals surface area contributed by atoms with Crippen LogP contribution in [0.2, 0.25) is 15.1 Å². The van der Waals surface area contributed by atoms with Gasteiger partial charge in [0.25, 0.3) is 11.8 Å². The van der Waals surface area contributed by atoms with Gasteiger partial charge < -0.3 is 15.3 Å². The highest BCUT2D eigenvalue weighted by molar-refractivity contribution is 6.40. The van der Waals surface area contributed by atoms with Gasteiger partial charge >= 0.3 is 5.97 Å². The molecule has 37 heavy (non-hydrogen) atoms. The van der Waals surface area contributed by atoms with E-state index in [0.717, 1.165) is 0 Å². The van der Waals surface area contributed by atoms with Crippen molar-refractivity contribution in [2.75, 3.05) is 6.54 Å². The number of aliphatic carboxylic acids is 1. The zero-order valence-electron chi connectivity index (χ0n) is 19.7. The lowest BCUT2D eigenvalue weighted by Crippen LogP contribution is -2.44. The van der Waals surface area contributed by atoms with E-state index in [1.54, 1.807) is 48.4 Å². The molecule has 0 aliphatic carbocycles. The predicted molar refractivity (Wildman–Crippen MR) is 140 cm³/mol. The molecule has 0 fully saturated rings. The van der Waals surface area contributed by atoms with Gasteiger partial charge in [0.05, 0.1) is 28.4 Å². The Bertz CT molecular complexity index is 1400. The molecule has 1 aliphatic heterocycles. The van der Waals surface area contributed by atoms with Crippen molar-refractivity contribution in [1.29, 1.82) is 0 Å². The van der Waals surface area contributed by atoms with E-state index < -0.39 is 17.9 Å². The zero-order valence-corrected chi connectivity index (χ0v) is 21.9. The molecule has 3 aromatic rings. The summed E-state index contributed by atoms with van der Waals surface area (Å²) >= 11 is 19.0. The van der Waals surface area contributed by atoms with Crippen LogP contribution in [0.25, 0.3) is 5.57 Å². The van der Waals surface area contributed by atoms with Gasteiger partial charge in [-0.3, -0.25) is 9.59 Å². The molecule has 4 rings (SSSR count). The van der Waals surface area contributed by atoms with Gasteiger partial charge in [-0.1, -0.05) is 46.6 Å². The minimum atomic E-state index is -1.32. The van der Waals surface area contributed by atoms with Crippen molar-refractivity contribution in [3.8, 4) is 0 Å². The third kappa shape index (κ3) is 5.79. The average molecular weight is 563 g/mol. The van der Waals surface area contributed by atoms with E-state index in [2.05, 4.69) is 22.2 Å². The second-order valence-electron chi connectivity index (χ2n) is 8.64. The van der Waals surface area contributed by atoms with Gasteiger partial charge in [0.15, 0.2) is 0 Å². The fourth-order valence-corrected chi connectivity index (χ4v) is 4.88. The molecule has 9 nitrogen and oxygen atoms in total. The first kappa shape index (κ1) is 26.7. The van der Waals surface area contributed by atoms with E-state index in [4.69, 9.17) is 34.8 Å². The fraction of sp³-hybridized carbons (Fsp3) is 0.240. The second kappa shape index (κ2) is 10.9. The molecule has 0 unspecified atom stereocenters. The summed E-state index contributed by atoms with van der Waals surface area (Å²) in [6, 6.07) is 6.89. The lowest BCUT2D eigenvalue weighted by Gasteiger charge is -2.30. The summed E-state index contributed by atoms with van der Waals surface area (Å²) in [5.41, 5.74) is 3.06. The highest BCUT2D eigenvalue weighted by Crippen LogP contribution is 2.35. The number of benzene rings is 2. The van der Waals surface area contributed by atoms with E-state index in [1.807, 2.05) is 0 Å². The largest absolute Gasteiger partial charge is 0.480 e. The van der Waals surface area contributed by atoms with Gasteiger partial charge in [-0.25, -0.2) is 9.48 Å². The molecule has 2 heterocycles. The number of carboxylic acids is 1. The number of hydrogen-bond donors (Lipinski definition) is 2. The number of carbonyl (C=O) groups excluding carboxylic acids is 2. The monoisotopic (exact) mass is 561 g/mol. The van der Waals surface area contributed by atoms with Crippen LogP contribution in [-0.4, -0.2) is 55.4 Å². The molecule has 192 valence electrons. The fourth-order valence-electron chi connectivity index (χ4n) is 3.99. The molecule has 0 saturated heterocycles. The van der Waals surface area contributed by atoms with Crippen LogP contribution in [0, 0.1) is 0 Å². The number of hydrogen-bond acceptors (Lipinski definition) is 5. The van der Waals surface area contributed by atoms with Crippen molar-refractivity contribution in [2.45, 2.75) is 32.5 Å². The Labute approximate surface area is 227 Å². The first-order valence-corrected chi connectivity index (χ1v) is 12.3. The Kier molecular flexibility index (Phi) is 7.87. The van der Waals surface area contributed by atoms with Crippen LogP contribution in [0.4, 0.5) is 0 Å². The normalized spacial score (nSPS) is 13.6. The van der Waals surface area contributed by atoms with E-state index in [9.17, 15) is 19.5 Å². The Morgan fingerprint density at radius 1 is 1.19 bits per heavy atom. The van der Waals surface area contributed by atoms with Crippen molar-refractivity contribution in [3.05, 3.63) is 86.1 Å². The highest BCUT2D eigenvalue weighted by Gasteiger charge is 2.30. The number of rotatable bonds is 7. The minimum Gasteiger partial charge on any atom is -0.480 e. The molecular weight excluding hydrogens is 541 g/mol. The SMILES string of the molecule is C=C(C)c1cn(C[C@H](NC(=O)c2c(Cl)cc3c(c2Cl)CCN(C(=O)c2ccc(Cl)cc2)C3)C(=O)O)nn1. The molecular formula is C25H22Cl3N5O4. The lowest BCUT2D eigenvalue weighted by atomic mass is 9.96. The molecule has 1 atom stereocenters. The molecule has 2 aromatic carbocycles. The Balaban J connectivity index is 1.52. The van der Waals surface area contributed by atoms with Crippen molar-refractivity contribution in [3.63, 3.8) is 0 Å². The summed E-state index contributed by atoms with van der Waals surface area (Å²) in [7, 11) is 0. The molecule has 0 spiro atoms. The lowest BCUT2D eigenvalue weighted by molar-refractivity contribution is -0.139. The first-order valence-electron chi connectivity index (χ1n) is 11.2. The molecule has 12 heteroatoms. The summed E-state index contributed by atoms with van der Waals surface area (Å²) in [4.78, 5) is 39.5. The molecule has 0 radical (unpaired) electrons. The van der Waals surface area contributed by atoms with Gasteiger partial charge in [-0.05, 0) is 60.4 Å². The summed E-state index contributed by atoms with van der Waals surface area (Å²) in [6.07, 6.45) is 1.94. The van der Waals surface area contributed by atoms with Crippen molar-refractivity contribution in [1.82, 2.24) is 25.2 Å². The van der Waals surface area contributed by atoms with Crippen molar-refractivity contribution < 1.29 is 19.5 Å². The number of carbonyl (C=O) groups is 3. The number of nitrogens with one attached hydrogen (secondary N) is 1. The summed E-state index contributed by atoms with van der Waals surface area (Å²) in [5.74, 6) is -2.16. The van der Waals surface area contributed by atoms with Crippen LogP contribution in [-0.2, 0) is 24.3 Å². The third-order valence-corrected chi connectivity index (χ3v) is 6.93. The van der Waals surface area contributed by atoms with E-state index in [-0.39, 0.29) is 34.6 Å². The topological polar surface area (TPSA) is 117 Å². The van der Waals surface area contributed by atoms with E-state index in [1.165, 1.54) is 4.68 Å². The maximum absolute atomic E-state index is 13.1. The van der Waals surface area contributed by atoms with Crippen LogP contribution in [0.15, 0.2) is 43.1 Å². The predicted octanol–water partition coefficient (Wildman–Crippen LogP) is 4.35. The molecule has 2 N–H and O–H groups in total. The average Bonchev–Trinajstić information content (AvgIpc) is 3.32. The third-order valence-electron chi connectivity index (χ3n) is 5.96. The first-order chi connectivity index (χ1) is 17.5. The number of amides is 2. The second-order valence-corrected chi connectivity index (χ2v) is 9.86. The van der Waals surface area contributed by atoms with Gasteiger partial charge in [0, 0.05) is 23.7 Å². The van der Waals surface area contributed by atoms with Gasteiger partial charge in [-0.15, -0.1) is 5.10 Å². The number of allylic oxidation sites excluding steroid dienone is 1. The van der Waals surface area contributed by atoms with Gasteiger partial charge in [-0.2, -0.15) is 0 Å². The molecule has 1 aromatic heterocycles. The standard InChI is InChI=1S/C25H22Cl3N5O4/c1-13(2)19-11-33(31-30-19)12-20(25(36)37)29-23(34)21-18(27)9-15-10-32(8-7-17(15)22(21)28)24(35)14-3-5-16(26)6-4-14/h3-6,9,11,20H,1,7-8,10,12H2,2H3,(H,29,34)(H,36,37)/t20-/m0/s1. The quantitative estimate of drug-likeness (QED) is 0.442. The van der Waals surface area contributed by atoms with Crippen LogP contribution < -0.4 is 5.32 Å². The minimum absolute atomic E-state index is 0.0213. The molecule has 1 aliphatic rings. The Hall–Kier alpha value is -3.40. The Morgan fingerprint density at radius 3 is 2.51 bits per heavy atom. The van der Waals surface area contributed by atoms with Crippen LogP contribution >= 0.6 is 34.8 Å². The molecule has 0 bridgehead atoms. The molecule has 2 amide bonds. The van der Waals surface area contributed by atoms with E-state index in [0.29, 0.717) is 45.9 Å². The number of nitrogens with zero attached hydrogens (tertiary/aromatic N) is 4. The number of fused-ring (bicyclic) bond motifs is 1. The van der Waals surface area contributed by atoms with Crippen LogP contribution in [0.1, 0.15) is 44.5 Å². The summed E-state index contributed by atoms with van der Waals surface area (Å²) in [5, 5.41) is 20.6. The van der Waals surface area contributed by atoms with Crippen molar-refractivity contribution in [2.24, 2.45) is 0 Å². The Morgan fingerprint density at radius 2 is 1.89 bits per heavy atom. The zero-order chi connectivity index (χ0) is 26.9. The van der Waals surface area contributed by atoms with Crippen LogP contribution in [0.3, 0.4) is 0 Å². The highest BCUT2D eigenvalue weighted by atomic mass is 35.5. The van der Waals surface area contributed by atoms with E-state index >= 15 is 0 Å². The maximum atomic E-state index is 13.1. The number of carboxylic acid groups (broad SMARTS) is 1. The number of aromatic nitrogens is 3. The van der Waals surface area contributed by atoms with Crippen LogP contribution in [0.5, 0.6) is 0 Å². The summed E-state index contributed by atoms with van der Waals surface area (Å²) in [6.45, 7) is 5.99. The van der Waals surface area contributed by atoms with Crippen molar-refractivity contribution >= 4 is 58.2 Å². The maximum Gasteiger partial charge on any atom is 0.328 e. The van der Waals surface area contributed by atoms with Gasteiger partial charge in [0.1, 0.15) is 11.7 Å². The smallest absolute Gasteiger partial charge is 0.328 e. The van der Waals surface area contributed by atoms with Gasteiger partial charge in [0.2, 0.25) is 0 Å².